The van der Waals surface area contributed by atoms with Crippen LogP contribution in [0.5, 0.6) is 0 Å². The predicted octanol–water partition coefficient (Wildman–Crippen LogP) is -0.263. The van der Waals surface area contributed by atoms with E-state index in [1.165, 1.54) is 6.92 Å². The quantitative estimate of drug-likeness (QED) is 0.566. The second-order valence-electron chi connectivity index (χ2n) is 1.75. The van der Waals surface area contributed by atoms with E-state index < -0.39 is 21.3 Å². The van der Waals surface area contributed by atoms with Gasteiger partial charge in [-0.25, -0.2) is 0 Å². The molecule has 0 rings (SSSR count). The van der Waals surface area contributed by atoms with Crippen LogP contribution in [-0.4, -0.2) is 29.3 Å². The lowest BCUT2D eigenvalue weighted by Crippen LogP contribution is -2.28. The van der Waals surface area contributed by atoms with E-state index in [1.54, 1.807) is 0 Å². The average Bonchev–Trinajstić information content (AvgIpc) is 1.60. The highest BCUT2D eigenvalue weighted by Gasteiger charge is 2.28. The lowest BCUT2D eigenvalue weighted by molar-refractivity contribution is -0.136. The standard InChI is InChI=1S/C4H8O5S/c1-2-3(4(5)6)10(7,8)9/h3H,2H2,1H3,(H,5,6)(H,7,8,9)/t3-/m0/s1. The molecule has 0 aliphatic heterocycles. The molecule has 5 nitrogen and oxygen atoms in total. The summed E-state index contributed by atoms with van der Waals surface area (Å²) in [7, 11) is -4.41. The minimum atomic E-state index is -4.41. The molecule has 1 atom stereocenters. The zero-order chi connectivity index (χ0) is 8.36. The van der Waals surface area contributed by atoms with Gasteiger partial charge in [-0.2, -0.15) is 8.42 Å². The third-order valence-corrected chi connectivity index (χ3v) is 2.26. The van der Waals surface area contributed by atoms with Crippen molar-refractivity contribution in [2.75, 3.05) is 0 Å². The van der Waals surface area contributed by atoms with Gasteiger partial charge >= 0.3 is 5.97 Å². The molecular weight excluding hydrogens is 160 g/mol. The van der Waals surface area contributed by atoms with Crippen LogP contribution in [0.1, 0.15) is 13.3 Å². The van der Waals surface area contributed by atoms with Crippen LogP contribution in [0.25, 0.3) is 0 Å². The number of carboxylic acid groups (broad SMARTS) is 1. The van der Waals surface area contributed by atoms with Gasteiger partial charge in [-0.15, -0.1) is 0 Å². The van der Waals surface area contributed by atoms with Crippen LogP contribution in [0.2, 0.25) is 0 Å². The number of rotatable bonds is 3. The van der Waals surface area contributed by atoms with Crippen LogP contribution in [0.4, 0.5) is 0 Å². The molecule has 0 radical (unpaired) electrons. The summed E-state index contributed by atoms with van der Waals surface area (Å²) in [6.07, 6.45) is -0.131. The molecule has 0 fully saturated rings. The fraction of sp³-hybridized carbons (Fsp3) is 0.750. The summed E-state index contributed by atoms with van der Waals surface area (Å²) in [6.45, 7) is 1.37. The summed E-state index contributed by atoms with van der Waals surface area (Å²) >= 11 is 0. The minimum absolute atomic E-state index is 0.131. The minimum Gasteiger partial charge on any atom is -0.480 e. The molecule has 0 spiro atoms. The highest BCUT2D eigenvalue weighted by atomic mass is 32.2. The van der Waals surface area contributed by atoms with Crippen LogP contribution in [-0.2, 0) is 14.9 Å². The van der Waals surface area contributed by atoms with Gasteiger partial charge in [0.25, 0.3) is 10.1 Å². The molecule has 0 aromatic carbocycles. The first-order valence-corrected chi connectivity index (χ1v) is 4.09. The molecule has 60 valence electrons. The number of hydrogen-bond donors (Lipinski definition) is 2. The Hall–Kier alpha value is -0.620. The van der Waals surface area contributed by atoms with Crippen molar-refractivity contribution in [1.29, 1.82) is 0 Å². The lowest BCUT2D eigenvalue weighted by Gasteiger charge is -2.03. The van der Waals surface area contributed by atoms with E-state index >= 15 is 0 Å². The summed E-state index contributed by atoms with van der Waals surface area (Å²) in [5, 5.41) is 6.48. The molecule has 0 heterocycles. The molecule has 0 bridgehead atoms. The maximum absolute atomic E-state index is 10.2. The Morgan fingerprint density at radius 3 is 2.00 bits per heavy atom. The van der Waals surface area contributed by atoms with Crippen molar-refractivity contribution >= 4 is 16.1 Å². The first-order valence-electron chi connectivity index (χ1n) is 2.58. The Morgan fingerprint density at radius 2 is 2.00 bits per heavy atom. The second kappa shape index (κ2) is 2.98. The molecule has 0 aromatic rings. The second-order valence-corrected chi connectivity index (χ2v) is 3.35. The lowest BCUT2D eigenvalue weighted by atomic mass is 10.3. The van der Waals surface area contributed by atoms with Crippen molar-refractivity contribution in [3.63, 3.8) is 0 Å². The number of carbonyl (C=O) groups is 1. The van der Waals surface area contributed by atoms with Crippen molar-refractivity contribution in [3.05, 3.63) is 0 Å². The number of aliphatic carboxylic acids is 1. The Kier molecular flexibility index (Phi) is 2.79. The Balaban J connectivity index is 4.55. The SMILES string of the molecule is CC[C@@H](C(=O)O)S(=O)(=O)O. The van der Waals surface area contributed by atoms with Crippen LogP contribution in [0.3, 0.4) is 0 Å². The Bertz CT molecular complexity index is 216. The third-order valence-electron chi connectivity index (χ3n) is 1.01. The molecule has 0 saturated carbocycles. The van der Waals surface area contributed by atoms with Crippen LogP contribution in [0, 0.1) is 0 Å². The molecule has 0 amide bonds. The fourth-order valence-electron chi connectivity index (χ4n) is 0.513. The van der Waals surface area contributed by atoms with Gasteiger partial charge in [-0.1, -0.05) is 6.92 Å². The summed E-state index contributed by atoms with van der Waals surface area (Å²) < 4.78 is 28.6. The van der Waals surface area contributed by atoms with Gasteiger partial charge in [0.05, 0.1) is 0 Å². The summed E-state index contributed by atoms with van der Waals surface area (Å²) in [5.74, 6) is -1.52. The Morgan fingerprint density at radius 1 is 1.60 bits per heavy atom. The summed E-state index contributed by atoms with van der Waals surface area (Å²) in [6, 6.07) is 0. The fourth-order valence-corrected chi connectivity index (χ4v) is 1.19. The maximum Gasteiger partial charge on any atom is 0.324 e. The van der Waals surface area contributed by atoms with E-state index in [2.05, 4.69) is 0 Å². The van der Waals surface area contributed by atoms with Gasteiger partial charge in [-0.3, -0.25) is 9.35 Å². The predicted molar refractivity (Wildman–Crippen MR) is 33.3 cm³/mol. The smallest absolute Gasteiger partial charge is 0.324 e. The van der Waals surface area contributed by atoms with Gasteiger partial charge in [0.1, 0.15) is 0 Å². The zero-order valence-electron chi connectivity index (χ0n) is 5.31. The topological polar surface area (TPSA) is 91.7 Å². The first kappa shape index (κ1) is 9.38. The molecular formula is C4H8O5S. The van der Waals surface area contributed by atoms with Crippen LogP contribution >= 0.6 is 0 Å². The third kappa shape index (κ3) is 2.32. The van der Waals surface area contributed by atoms with Crippen LogP contribution in [0.15, 0.2) is 0 Å². The van der Waals surface area contributed by atoms with Gasteiger partial charge in [-0.05, 0) is 6.42 Å². The van der Waals surface area contributed by atoms with Crippen LogP contribution < -0.4 is 0 Å². The van der Waals surface area contributed by atoms with E-state index in [-0.39, 0.29) is 6.42 Å². The number of carboxylic acids is 1. The maximum atomic E-state index is 10.2. The van der Waals surface area contributed by atoms with Gasteiger partial charge in [0.15, 0.2) is 5.25 Å². The van der Waals surface area contributed by atoms with Gasteiger partial charge < -0.3 is 5.11 Å². The number of hydrogen-bond acceptors (Lipinski definition) is 3. The highest BCUT2D eigenvalue weighted by molar-refractivity contribution is 7.87. The molecule has 0 aromatic heterocycles. The monoisotopic (exact) mass is 168 g/mol. The molecule has 0 saturated heterocycles. The van der Waals surface area contributed by atoms with Gasteiger partial charge in [0.2, 0.25) is 0 Å². The average molecular weight is 168 g/mol. The van der Waals surface area contributed by atoms with E-state index in [9.17, 15) is 13.2 Å². The largest absolute Gasteiger partial charge is 0.480 e. The van der Waals surface area contributed by atoms with Gasteiger partial charge in [0, 0.05) is 0 Å². The molecule has 0 aliphatic rings. The van der Waals surface area contributed by atoms with Crippen molar-refractivity contribution in [2.24, 2.45) is 0 Å². The molecule has 6 heteroatoms. The van der Waals surface area contributed by atoms with E-state index in [0.717, 1.165) is 0 Å². The van der Waals surface area contributed by atoms with E-state index in [4.69, 9.17) is 9.66 Å². The van der Waals surface area contributed by atoms with Crippen molar-refractivity contribution in [1.82, 2.24) is 0 Å². The highest BCUT2D eigenvalue weighted by Crippen LogP contribution is 2.02. The Labute approximate surface area is 58.4 Å². The van der Waals surface area contributed by atoms with E-state index in [0.29, 0.717) is 0 Å². The van der Waals surface area contributed by atoms with Crippen molar-refractivity contribution in [2.45, 2.75) is 18.6 Å². The normalized spacial score (nSPS) is 14.6. The molecule has 2 N–H and O–H groups in total. The first-order chi connectivity index (χ1) is 4.39. The molecule has 0 aliphatic carbocycles. The molecule has 10 heavy (non-hydrogen) atoms. The van der Waals surface area contributed by atoms with E-state index in [1.807, 2.05) is 0 Å². The zero-order valence-corrected chi connectivity index (χ0v) is 6.13. The molecule has 0 unspecified atom stereocenters. The summed E-state index contributed by atoms with van der Waals surface area (Å²) in [4.78, 5) is 10.0. The van der Waals surface area contributed by atoms with Crippen molar-refractivity contribution < 1.29 is 22.9 Å². The van der Waals surface area contributed by atoms with Crippen molar-refractivity contribution in [3.8, 4) is 0 Å². The summed E-state index contributed by atoms with van der Waals surface area (Å²) in [5.41, 5.74) is 0.